The Bertz CT molecular complexity index is 199. The third kappa shape index (κ3) is 1.18. The summed E-state index contributed by atoms with van der Waals surface area (Å²) in [5.74, 6) is 0.175. The van der Waals surface area contributed by atoms with E-state index in [0.717, 1.165) is 30.4 Å². The van der Waals surface area contributed by atoms with E-state index in [4.69, 9.17) is 0 Å². The van der Waals surface area contributed by atoms with Crippen LogP contribution in [-0.2, 0) is 4.79 Å². The predicted octanol–water partition coefficient (Wildman–Crippen LogP) is 2.24. The van der Waals surface area contributed by atoms with Crippen molar-refractivity contribution >= 4 is 5.78 Å². The summed E-state index contributed by atoms with van der Waals surface area (Å²) >= 11 is 0. The van der Waals surface area contributed by atoms with Crippen molar-refractivity contribution in [3.05, 3.63) is 23.8 Å². The van der Waals surface area contributed by atoms with Crippen molar-refractivity contribution in [3.8, 4) is 0 Å². The smallest absolute Gasteiger partial charge is 0.184 e. The molecule has 0 aromatic carbocycles. The lowest BCUT2D eigenvalue weighted by molar-refractivity contribution is -0.113. The third-order valence-electron chi connectivity index (χ3n) is 1.89. The molecule has 1 fully saturated rings. The lowest BCUT2D eigenvalue weighted by Crippen LogP contribution is -2.10. The number of carbonyl (C=O) groups is 1. The van der Waals surface area contributed by atoms with Gasteiger partial charge in [-0.05, 0) is 37.3 Å². The molecule has 0 heterocycles. The second-order valence-electron chi connectivity index (χ2n) is 2.60. The molecule has 0 saturated heterocycles. The molecule has 0 spiro atoms. The quantitative estimate of drug-likeness (QED) is 0.467. The normalized spacial score (nSPS) is 23.9. The van der Waals surface area contributed by atoms with Gasteiger partial charge in [-0.2, -0.15) is 0 Å². The minimum absolute atomic E-state index is 0.175. The Balaban J connectivity index is 2.79. The van der Waals surface area contributed by atoms with E-state index < -0.39 is 0 Å². The van der Waals surface area contributed by atoms with E-state index in [2.05, 4.69) is 6.58 Å². The van der Waals surface area contributed by atoms with Gasteiger partial charge >= 0.3 is 0 Å². The second kappa shape index (κ2) is 2.82. The van der Waals surface area contributed by atoms with Gasteiger partial charge in [0.1, 0.15) is 0 Å². The summed E-state index contributed by atoms with van der Waals surface area (Å²) in [7, 11) is 0. The maximum atomic E-state index is 11.2. The number of ketones is 1. The Morgan fingerprint density at radius 3 is 2.70 bits per heavy atom. The summed E-state index contributed by atoms with van der Waals surface area (Å²) in [5, 5.41) is 0. The standard InChI is InChI=1S/C9H12O/c1-3-8-6-4-5-7(2)9(8)10/h3H,2,4-6H2,1H3/b8-3+. The molecule has 1 heteroatoms. The first-order valence-corrected chi connectivity index (χ1v) is 3.63. The molecule has 0 amide bonds. The van der Waals surface area contributed by atoms with Crippen LogP contribution in [0.2, 0.25) is 0 Å². The maximum Gasteiger partial charge on any atom is 0.184 e. The van der Waals surface area contributed by atoms with Crippen molar-refractivity contribution in [1.82, 2.24) is 0 Å². The Kier molecular flexibility index (Phi) is 2.05. The van der Waals surface area contributed by atoms with Gasteiger partial charge in [-0.1, -0.05) is 12.7 Å². The molecule has 54 valence electrons. The first-order chi connectivity index (χ1) is 4.75. The van der Waals surface area contributed by atoms with Crippen LogP contribution in [-0.4, -0.2) is 5.78 Å². The fourth-order valence-electron chi connectivity index (χ4n) is 1.22. The van der Waals surface area contributed by atoms with Crippen molar-refractivity contribution in [3.63, 3.8) is 0 Å². The highest BCUT2D eigenvalue weighted by Crippen LogP contribution is 2.22. The molecule has 0 aromatic rings. The van der Waals surface area contributed by atoms with E-state index in [1.807, 2.05) is 13.0 Å². The van der Waals surface area contributed by atoms with Crippen LogP contribution in [0, 0.1) is 0 Å². The molecule has 0 unspecified atom stereocenters. The van der Waals surface area contributed by atoms with Crippen molar-refractivity contribution in [2.75, 3.05) is 0 Å². The summed E-state index contributed by atoms with van der Waals surface area (Å²) < 4.78 is 0. The first kappa shape index (κ1) is 7.26. The van der Waals surface area contributed by atoms with Gasteiger partial charge in [-0.15, -0.1) is 0 Å². The zero-order valence-corrected chi connectivity index (χ0v) is 6.31. The SMILES string of the molecule is C=C1CCC/C(=C\C)C1=O. The molecule has 0 aromatic heterocycles. The zero-order valence-electron chi connectivity index (χ0n) is 6.31. The van der Waals surface area contributed by atoms with Gasteiger partial charge in [0, 0.05) is 0 Å². The molecule has 1 rings (SSSR count). The van der Waals surface area contributed by atoms with Gasteiger partial charge < -0.3 is 0 Å². The summed E-state index contributed by atoms with van der Waals surface area (Å²) in [6.07, 6.45) is 4.81. The molecule has 0 atom stereocenters. The third-order valence-corrected chi connectivity index (χ3v) is 1.89. The van der Waals surface area contributed by atoms with Crippen LogP contribution in [0.3, 0.4) is 0 Å². The zero-order chi connectivity index (χ0) is 7.56. The van der Waals surface area contributed by atoms with E-state index >= 15 is 0 Å². The molecule has 1 aliphatic carbocycles. The van der Waals surface area contributed by atoms with E-state index in [9.17, 15) is 4.79 Å². The first-order valence-electron chi connectivity index (χ1n) is 3.63. The van der Waals surface area contributed by atoms with Crippen molar-refractivity contribution in [2.45, 2.75) is 26.2 Å². The van der Waals surface area contributed by atoms with Crippen LogP contribution in [0.1, 0.15) is 26.2 Å². The molecule has 0 radical (unpaired) electrons. The summed E-state index contributed by atoms with van der Waals surface area (Å²) in [4.78, 5) is 11.2. The van der Waals surface area contributed by atoms with Crippen molar-refractivity contribution in [1.29, 1.82) is 0 Å². The number of Topliss-reactive ketones (excluding diaryl/α,β-unsaturated/α-hetero) is 1. The van der Waals surface area contributed by atoms with Gasteiger partial charge in [0.25, 0.3) is 0 Å². The predicted molar refractivity (Wildman–Crippen MR) is 41.8 cm³/mol. The van der Waals surface area contributed by atoms with Crippen molar-refractivity contribution in [2.24, 2.45) is 0 Å². The van der Waals surface area contributed by atoms with Crippen LogP contribution < -0.4 is 0 Å². The summed E-state index contributed by atoms with van der Waals surface area (Å²) in [6, 6.07) is 0. The van der Waals surface area contributed by atoms with Gasteiger partial charge in [0.05, 0.1) is 0 Å². The fraction of sp³-hybridized carbons (Fsp3) is 0.444. The Labute approximate surface area is 61.4 Å². The van der Waals surface area contributed by atoms with Crippen LogP contribution in [0.25, 0.3) is 0 Å². The molecule has 0 bridgehead atoms. The minimum Gasteiger partial charge on any atom is -0.289 e. The van der Waals surface area contributed by atoms with Crippen LogP contribution >= 0.6 is 0 Å². The van der Waals surface area contributed by atoms with E-state index in [0.29, 0.717) is 0 Å². The van der Waals surface area contributed by atoms with Crippen molar-refractivity contribution < 1.29 is 4.79 Å². The average Bonchev–Trinajstić information content (AvgIpc) is 1.95. The lowest BCUT2D eigenvalue weighted by Gasteiger charge is -2.13. The fourth-order valence-corrected chi connectivity index (χ4v) is 1.22. The number of hydrogen-bond donors (Lipinski definition) is 0. The highest BCUT2D eigenvalue weighted by atomic mass is 16.1. The topological polar surface area (TPSA) is 17.1 Å². The van der Waals surface area contributed by atoms with Crippen LogP contribution in [0.4, 0.5) is 0 Å². The Morgan fingerprint density at radius 1 is 1.50 bits per heavy atom. The number of rotatable bonds is 0. The number of carbonyl (C=O) groups excluding carboxylic acids is 1. The minimum atomic E-state index is 0.175. The van der Waals surface area contributed by atoms with Gasteiger partial charge in [0.2, 0.25) is 0 Å². The molecule has 0 aliphatic heterocycles. The van der Waals surface area contributed by atoms with Gasteiger partial charge in [-0.25, -0.2) is 0 Å². The largest absolute Gasteiger partial charge is 0.289 e. The van der Waals surface area contributed by atoms with Gasteiger partial charge in [0.15, 0.2) is 5.78 Å². The molecule has 10 heavy (non-hydrogen) atoms. The molecular weight excluding hydrogens is 124 g/mol. The number of hydrogen-bond acceptors (Lipinski definition) is 1. The van der Waals surface area contributed by atoms with Crippen LogP contribution in [0.15, 0.2) is 23.8 Å². The van der Waals surface area contributed by atoms with E-state index in [-0.39, 0.29) is 5.78 Å². The van der Waals surface area contributed by atoms with E-state index in [1.165, 1.54) is 0 Å². The highest BCUT2D eigenvalue weighted by molar-refractivity contribution is 6.08. The summed E-state index contributed by atoms with van der Waals surface area (Å²) in [6.45, 7) is 5.61. The molecule has 1 saturated carbocycles. The van der Waals surface area contributed by atoms with Gasteiger partial charge in [-0.3, -0.25) is 4.79 Å². The lowest BCUT2D eigenvalue weighted by atomic mass is 9.90. The highest BCUT2D eigenvalue weighted by Gasteiger charge is 2.16. The molecule has 1 nitrogen and oxygen atoms in total. The van der Waals surface area contributed by atoms with E-state index in [1.54, 1.807) is 0 Å². The average molecular weight is 136 g/mol. The summed E-state index contributed by atoms with van der Waals surface area (Å²) in [5.41, 5.74) is 1.72. The monoisotopic (exact) mass is 136 g/mol. The molecule has 1 aliphatic rings. The van der Waals surface area contributed by atoms with Crippen LogP contribution in [0.5, 0.6) is 0 Å². The number of allylic oxidation sites excluding steroid dienone is 3. The molecule has 0 N–H and O–H groups in total. The maximum absolute atomic E-state index is 11.2. The Hall–Kier alpha value is -0.850. The Morgan fingerprint density at radius 2 is 2.20 bits per heavy atom. The second-order valence-corrected chi connectivity index (χ2v) is 2.60. The molecular formula is C9H12O.